The van der Waals surface area contributed by atoms with E-state index in [9.17, 15) is 0 Å². The Kier molecular flexibility index (Phi) is 5.39. The van der Waals surface area contributed by atoms with Crippen molar-refractivity contribution in [1.29, 1.82) is 0 Å². The maximum atomic E-state index is 6.61. The summed E-state index contributed by atoms with van der Waals surface area (Å²) in [5.41, 5.74) is 9.68. The summed E-state index contributed by atoms with van der Waals surface area (Å²) in [6.45, 7) is 0. The van der Waals surface area contributed by atoms with Crippen molar-refractivity contribution in [2.45, 2.75) is 12.8 Å². The number of fused-ring (bicyclic) bond motifs is 6. The molecule has 1 aromatic heterocycles. The molecule has 0 N–H and O–H groups in total. The Morgan fingerprint density at radius 3 is 1.79 bits per heavy atom. The molecule has 1 heteroatoms. The zero-order valence-electron chi connectivity index (χ0n) is 23.7. The Hall–Kier alpha value is -5.40. The fourth-order valence-electron chi connectivity index (χ4n) is 7.21. The molecule has 0 spiro atoms. The van der Waals surface area contributed by atoms with E-state index < -0.39 is 0 Å². The SMILES string of the molecule is C1=Cc2oc3c(-c4c5ccccc5c(-c5ccccc5-c5ccc6ccccc6c5)c5ccccc45)cccc3c2CC1. The third-order valence-electron chi connectivity index (χ3n) is 9.14. The van der Waals surface area contributed by atoms with Crippen LogP contribution in [0.1, 0.15) is 17.7 Å². The monoisotopic (exact) mass is 548 g/mol. The predicted octanol–water partition coefficient (Wildman–Crippen LogP) is 11.9. The molecule has 0 aliphatic heterocycles. The number of para-hydroxylation sites is 1. The number of aryl methyl sites for hydroxylation is 1. The molecule has 7 aromatic carbocycles. The number of rotatable bonds is 3. The van der Waals surface area contributed by atoms with Crippen LogP contribution in [0.25, 0.3) is 82.7 Å². The average Bonchev–Trinajstić information content (AvgIpc) is 3.46. The molecular formula is C42H28O. The maximum Gasteiger partial charge on any atom is 0.142 e. The van der Waals surface area contributed by atoms with Gasteiger partial charge in [0.2, 0.25) is 0 Å². The summed E-state index contributed by atoms with van der Waals surface area (Å²) in [6.07, 6.45) is 6.44. The van der Waals surface area contributed by atoms with E-state index in [0.29, 0.717) is 0 Å². The highest BCUT2D eigenvalue weighted by molar-refractivity contribution is 6.24. The highest BCUT2D eigenvalue weighted by Crippen LogP contribution is 2.48. The molecule has 8 aromatic rings. The summed E-state index contributed by atoms with van der Waals surface area (Å²) in [6, 6.07) is 48.7. The lowest BCUT2D eigenvalue weighted by molar-refractivity contribution is 0.596. The number of hydrogen-bond acceptors (Lipinski definition) is 1. The fourth-order valence-corrected chi connectivity index (χ4v) is 7.21. The van der Waals surface area contributed by atoms with E-state index in [1.807, 2.05) is 0 Å². The molecule has 202 valence electrons. The highest BCUT2D eigenvalue weighted by atomic mass is 16.3. The Bertz CT molecular complexity index is 2340. The first-order valence-electron chi connectivity index (χ1n) is 15.1. The van der Waals surface area contributed by atoms with Gasteiger partial charge in [-0.05, 0) is 79.6 Å². The van der Waals surface area contributed by atoms with Gasteiger partial charge in [0, 0.05) is 22.1 Å². The van der Waals surface area contributed by atoms with Gasteiger partial charge in [0.05, 0.1) is 0 Å². The van der Waals surface area contributed by atoms with Gasteiger partial charge in [-0.25, -0.2) is 0 Å². The lowest BCUT2D eigenvalue weighted by atomic mass is 9.83. The van der Waals surface area contributed by atoms with Crippen LogP contribution in [0.15, 0.2) is 144 Å². The minimum atomic E-state index is 0.985. The quantitative estimate of drug-likeness (QED) is 0.200. The Balaban J connectivity index is 1.37. The number of benzene rings is 7. The standard InChI is InChI=1S/C42H28O/c1-2-13-28-26-29(25-24-27(28)12-1)30-14-3-4-16-32(30)40-33-17-5-7-19-35(33)41(36-20-8-6-18-34(36)40)38-22-11-21-37-31-15-9-10-23-39(31)43-42(37)38/h1-8,10-14,16-26H,9,15H2. The maximum absolute atomic E-state index is 6.61. The second-order valence-corrected chi connectivity index (χ2v) is 11.5. The minimum absolute atomic E-state index is 0.985. The van der Waals surface area contributed by atoms with Gasteiger partial charge in [-0.15, -0.1) is 0 Å². The van der Waals surface area contributed by atoms with Crippen LogP contribution in [0.4, 0.5) is 0 Å². The molecule has 0 atom stereocenters. The molecule has 1 aliphatic rings. The topological polar surface area (TPSA) is 13.1 Å². The zero-order valence-corrected chi connectivity index (χ0v) is 23.7. The van der Waals surface area contributed by atoms with Crippen molar-refractivity contribution in [3.63, 3.8) is 0 Å². The summed E-state index contributed by atoms with van der Waals surface area (Å²) in [7, 11) is 0. The number of furan rings is 1. The summed E-state index contributed by atoms with van der Waals surface area (Å²) in [4.78, 5) is 0. The molecule has 0 amide bonds. The Morgan fingerprint density at radius 2 is 1.05 bits per heavy atom. The van der Waals surface area contributed by atoms with Crippen LogP contribution in [0.3, 0.4) is 0 Å². The van der Waals surface area contributed by atoms with Gasteiger partial charge in [0.15, 0.2) is 0 Å². The molecule has 0 radical (unpaired) electrons. The van der Waals surface area contributed by atoms with Crippen LogP contribution in [0, 0.1) is 0 Å². The Labute approximate surface area is 250 Å². The molecule has 0 saturated heterocycles. The van der Waals surface area contributed by atoms with Crippen LogP contribution in [0.2, 0.25) is 0 Å². The van der Waals surface area contributed by atoms with Gasteiger partial charge in [-0.2, -0.15) is 0 Å². The number of allylic oxidation sites excluding steroid dienone is 1. The van der Waals surface area contributed by atoms with Crippen LogP contribution >= 0.6 is 0 Å². The lowest BCUT2D eigenvalue weighted by Gasteiger charge is -2.20. The zero-order chi connectivity index (χ0) is 28.3. The number of hydrogen-bond donors (Lipinski definition) is 0. The van der Waals surface area contributed by atoms with Crippen molar-refractivity contribution in [3.8, 4) is 33.4 Å². The first-order valence-corrected chi connectivity index (χ1v) is 15.1. The van der Waals surface area contributed by atoms with Gasteiger partial charge in [0.1, 0.15) is 11.3 Å². The van der Waals surface area contributed by atoms with Crippen LogP contribution in [-0.4, -0.2) is 0 Å². The van der Waals surface area contributed by atoms with Gasteiger partial charge in [-0.1, -0.05) is 133 Å². The Morgan fingerprint density at radius 1 is 0.465 bits per heavy atom. The van der Waals surface area contributed by atoms with Crippen molar-refractivity contribution in [2.24, 2.45) is 0 Å². The van der Waals surface area contributed by atoms with Crippen molar-refractivity contribution in [1.82, 2.24) is 0 Å². The largest absolute Gasteiger partial charge is 0.456 e. The molecule has 0 unspecified atom stereocenters. The molecule has 1 heterocycles. The molecule has 0 saturated carbocycles. The van der Waals surface area contributed by atoms with Crippen molar-refractivity contribution in [2.75, 3.05) is 0 Å². The predicted molar refractivity (Wildman–Crippen MR) is 182 cm³/mol. The first-order chi connectivity index (χ1) is 21.3. The normalized spacial score (nSPS) is 12.8. The smallest absolute Gasteiger partial charge is 0.142 e. The highest BCUT2D eigenvalue weighted by Gasteiger charge is 2.22. The molecule has 1 nitrogen and oxygen atoms in total. The third kappa shape index (κ3) is 3.72. The molecular weight excluding hydrogens is 520 g/mol. The van der Waals surface area contributed by atoms with E-state index in [-0.39, 0.29) is 0 Å². The fraction of sp³-hybridized carbons (Fsp3) is 0.0476. The minimum Gasteiger partial charge on any atom is -0.456 e. The van der Waals surface area contributed by atoms with Gasteiger partial charge >= 0.3 is 0 Å². The first kappa shape index (κ1) is 24.2. The van der Waals surface area contributed by atoms with E-state index in [0.717, 1.165) is 29.7 Å². The van der Waals surface area contributed by atoms with E-state index in [2.05, 4.69) is 146 Å². The van der Waals surface area contributed by atoms with Crippen LogP contribution in [0.5, 0.6) is 0 Å². The summed E-state index contributed by atoms with van der Waals surface area (Å²) >= 11 is 0. The van der Waals surface area contributed by atoms with Crippen LogP contribution in [-0.2, 0) is 6.42 Å². The average molecular weight is 549 g/mol. The summed E-state index contributed by atoms with van der Waals surface area (Å²) in [5, 5.41) is 8.71. The van der Waals surface area contributed by atoms with Gasteiger partial charge in [0.25, 0.3) is 0 Å². The van der Waals surface area contributed by atoms with Gasteiger partial charge < -0.3 is 4.42 Å². The van der Waals surface area contributed by atoms with Crippen LogP contribution < -0.4 is 0 Å². The third-order valence-corrected chi connectivity index (χ3v) is 9.14. The summed E-state index contributed by atoms with van der Waals surface area (Å²) < 4.78 is 6.61. The lowest BCUT2D eigenvalue weighted by Crippen LogP contribution is -1.93. The van der Waals surface area contributed by atoms with Crippen molar-refractivity contribution < 1.29 is 4.42 Å². The van der Waals surface area contributed by atoms with Crippen molar-refractivity contribution >= 4 is 49.4 Å². The van der Waals surface area contributed by atoms with E-state index in [4.69, 9.17) is 4.42 Å². The summed E-state index contributed by atoms with van der Waals surface area (Å²) in [5.74, 6) is 1.00. The van der Waals surface area contributed by atoms with E-state index in [1.165, 1.54) is 71.1 Å². The van der Waals surface area contributed by atoms with Gasteiger partial charge in [-0.3, -0.25) is 0 Å². The van der Waals surface area contributed by atoms with Crippen molar-refractivity contribution in [3.05, 3.63) is 151 Å². The molecule has 0 bridgehead atoms. The second-order valence-electron chi connectivity index (χ2n) is 11.5. The molecule has 43 heavy (non-hydrogen) atoms. The molecule has 1 aliphatic carbocycles. The molecule has 9 rings (SSSR count). The second kappa shape index (κ2) is 9.58. The van der Waals surface area contributed by atoms with E-state index in [1.54, 1.807) is 0 Å². The molecule has 0 fully saturated rings. The van der Waals surface area contributed by atoms with E-state index >= 15 is 0 Å².